The van der Waals surface area contributed by atoms with Crippen molar-refractivity contribution in [3.05, 3.63) is 50.2 Å². The quantitative estimate of drug-likeness (QED) is 0.527. The van der Waals surface area contributed by atoms with Crippen molar-refractivity contribution in [2.45, 2.75) is 19.1 Å². The summed E-state index contributed by atoms with van der Waals surface area (Å²) in [7, 11) is 0. The summed E-state index contributed by atoms with van der Waals surface area (Å²) in [5.41, 5.74) is 0.620. The molecule has 1 atom stereocenters. The van der Waals surface area contributed by atoms with E-state index in [2.05, 4.69) is 4.98 Å². The van der Waals surface area contributed by atoms with Gasteiger partial charge >= 0.3 is 5.97 Å². The maximum Gasteiger partial charge on any atom is 0.307 e. The minimum absolute atomic E-state index is 0.0433. The van der Waals surface area contributed by atoms with Crippen LogP contribution in [0.1, 0.15) is 11.4 Å². The Morgan fingerprint density at radius 1 is 1.28 bits per heavy atom. The van der Waals surface area contributed by atoms with E-state index in [1.807, 2.05) is 0 Å². The molecule has 0 saturated heterocycles. The molecule has 0 aliphatic carbocycles. The van der Waals surface area contributed by atoms with E-state index in [0.29, 0.717) is 25.3 Å². The fourth-order valence-electron chi connectivity index (χ4n) is 2.98. The first kappa shape index (κ1) is 20.2. The lowest BCUT2D eigenvalue weighted by atomic mass is 10.1. The average molecular weight is 476 g/mol. The Kier molecular flexibility index (Phi) is 5.29. The lowest BCUT2D eigenvalue weighted by molar-refractivity contribution is -0.142. The van der Waals surface area contributed by atoms with Crippen LogP contribution in [0.15, 0.2) is 24.3 Å². The van der Waals surface area contributed by atoms with Crippen molar-refractivity contribution in [2.75, 3.05) is 4.90 Å². The number of carboxylic acids is 1. The van der Waals surface area contributed by atoms with Crippen molar-refractivity contribution in [3.63, 3.8) is 0 Å². The van der Waals surface area contributed by atoms with Crippen LogP contribution in [0.25, 0.3) is 10.2 Å². The van der Waals surface area contributed by atoms with Crippen LogP contribution in [0.3, 0.4) is 0 Å². The summed E-state index contributed by atoms with van der Waals surface area (Å²) in [6.07, 6.45) is -1.76. The van der Waals surface area contributed by atoms with Gasteiger partial charge in [0.15, 0.2) is 6.10 Å². The van der Waals surface area contributed by atoms with Gasteiger partial charge in [0.2, 0.25) is 0 Å². The number of carbonyl (C=O) groups excluding carboxylic acids is 1. The van der Waals surface area contributed by atoms with Gasteiger partial charge in [-0.25, -0.2) is 9.37 Å². The lowest BCUT2D eigenvalue weighted by Gasteiger charge is -2.33. The number of carboxylic acid groups (broad SMARTS) is 1. The number of benzene rings is 2. The molecule has 2 aromatic carbocycles. The Hall–Kier alpha value is -2.13. The minimum atomic E-state index is -1.23. The second-order valence-corrected chi connectivity index (χ2v) is 8.46. The molecule has 11 heteroatoms. The van der Waals surface area contributed by atoms with Gasteiger partial charge in [-0.2, -0.15) is 0 Å². The summed E-state index contributed by atoms with van der Waals surface area (Å²) in [6.45, 7) is -0.0433. The largest absolute Gasteiger partial charge is 0.481 e. The molecule has 6 nitrogen and oxygen atoms in total. The number of amides is 1. The zero-order valence-electron chi connectivity index (χ0n) is 14.3. The standard InChI is InChI=1S/C18H10Cl3FN2O4S/c19-8-4-9(20)16-17(15(8)21)29-13(23-16)6-24-10-3-7(22)1-2-11(10)28-12(18(24)27)5-14(25)26/h1-4,12H,5-6H2,(H,25,26). The maximum atomic E-state index is 13.8. The number of hydrogen-bond donors (Lipinski definition) is 1. The third-order valence-corrected chi connectivity index (χ3v) is 6.48. The van der Waals surface area contributed by atoms with Gasteiger partial charge in [0, 0.05) is 6.07 Å². The Morgan fingerprint density at radius 3 is 2.76 bits per heavy atom. The molecular weight excluding hydrogens is 466 g/mol. The van der Waals surface area contributed by atoms with E-state index in [1.54, 1.807) is 0 Å². The average Bonchev–Trinajstić information content (AvgIpc) is 3.08. The lowest BCUT2D eigenvalue weighted by Crippen LogP contribution is -2.46. The number of aromatic nitrogens is 1. The third kappa shape index (κ3) is 3.73. The highest BCUT2D eigenvalue weighted by Crippen LogP contribution is 2.41. The van der Waals surface area contributed by atoms with Gasteiger partial charge in [0.1, 0.15) is 22.1 Å². The number of aliphatic carboxylic acids is 1. The molecular formula is C18H10Cl3FN2O4S. The second-order valence-electron chi connectivity index (χ2n) is 6.18. The van der Waals surface area contributed by atoms with Crippen molar-refractivity contribution in [3.8, 4) is 5.75 Å². The fourth-order valence-corrected chi connectivity index (χ4v) is 4.87. The molecule has 4 rings (SSSR count). The van der Waals surface area contributed by atoms with Gasteiger partial charge in [-0.1, -0.05) is 34.8 Å². The molecule has 1 amide bonds. The number of nitrogens with zero attached hydrogens (tertiary/aromatic N) is 2. The summed E-state index contributed by atoms with van der Waals surface area (Å²) in [6, 6.07) is 5.15. The van der Waals surface area contributed by atoms with Crippen molar-refractivity contribution < 1.29 is 23.8 Å². The number of thiazole rings is 1. The topological polar surface area (TPSA) is 79.7 Å². The van der Waals surface area contributed by atoms with Gasteiger partial charge < -0.3 is 9.84 Å². The number of fused-ring (bicyclic) bond motifs is 2. The van der Waals surface area contributed by atoms with E-state index in [-0.39, 0.29) is 23.0 Å². The predicted molar refractivity (Wildman–Crippen MR) is 109 cm³/mol. The van der Waals surface area contributed by atoms with Crippen LogP contribution in [-0.2, 0) is 16.1 Å². The first-order valence-corrected chi connectivity index (χ1v) is 10.1. The second kappa shape index (κ2) is 7.60. The normalized spacial score (nSPS) is 16.1. The number of ether oxygens (including phenoxy) is 1. The number of hydrogen-bond acceptors (Lipinski definition) is 5. The van der Waals surface area contributed by atoms with Crippen LogP contribution >= 0.6 is 46.1 Å². The SMILES string of the molecule is O=C(O)CC1Oc2ccc(F)cc2N(Cc2nc3c(Cl)cc(Cl)c(Cl)c3s2)C1=O. The van der Waals surface area contributed by atoms with Crippen LogP contribution < -0.4 is 9.64 Å². The molecule has 29 heavy (non-hydrogen) atoms. The molecule has 1 N–H and O–H groups in total. The van der Waals surface area contributed by atoms with Crippen molar-refractivity contribution in [1.82, 2.24) is 4.98 Å². The Labute approximate surface area is 182 Å². The molecule has 1 unspecified atom stereocenters. The third-order valence-electron chi connectivity index (χ3n) is 4.24. The van der Waals surface area contributed by atoms with E-state index >= 15 is 0 Å². The van der Waals surface area contributed by atoms with Crippen LogP contribution in [0.4, 0.5) is 10.1 Å². The highest BCUT2D eigenvalue weighted by molar-refractivity contribution is 7.19. The van der Waals surface area contributed by atoms with E-state index in [1.165, 1.54) is 34.4 Å². The first-order valence-electron chi connectivity index (χ1n) is 8.17. The smallest absolute Gasteiger partial charge is 0.307 e. The van der Waals surface area contributed by atoms with Gasteiger partial charge in [-0.05, 0) is 18.2 Å². The minimum Gasteiger partial charge on any atom is -0.481 e. The summed E-state index contributed by atoms with van der Waals surface area (Å²) >= 11 is 19.7. The van der Waals surface area contributed by atoms with Gasteiger partial charge in [-0.15, -0.1) is 11.3 Å². The molecule has 1 aliphatic heterocycles. The number of carbonyl (C=O) groups is 2. The van der Waals surface area contributed by atoms with E-state index < -0.39 is 30.2 Å². The molecule has 0 spiro atoms. The zero-order valence-corrected chi connectivity index (χ0v) is 17.4. The van der Waals surface area contributed by atoms with E-state index in [0.717, 1.165) is 6.07 Å². The van der Waals surface area contributed by atoms with Crippen molar-refractivity contribution >= 4 is 73.9 Å². The Balaban J connectivity index is 1.77. The summed E-state index contributed by atoms with van der Waals surface area (Å²) < 4.78 is 19.8. The van der Waals surface area contributed by atoms with Crippen molar-refractivity contribution in [1.29, 1.82) is 0 Å². The zero-order chi connectivity index (χ0) is 20.9. The molecule has 1 aliphatic rings. The van der Waals surface area contributed by atoms with Crippen LogP contribution in [0.2, 0.25) is 15.1 Å². The molecule has 1 aromatic heterocycles. The number of rotatable bonds is 4. The highest BCUT2D eigenvalue weighted by atomic mass is 35.5. The molecule has 2 heterocycles. The van der Waals surface area contributed by atoms with E-state index in [9.17, 15) is 14.0 Å². The fraction of sp³-hybridized carbons (Fsp3) is 0.167. The molecule has 0 radical (unpaired) electrons. The molecule has 0 bridgehead atoms. The highest BCUT2D eigenvalue weighted by Gasteiger charge is 2.36. The number of halogens is 4. The first-order chi connectivity index (χ1) is 13.7. The summed E-state index contributed by atoms with van der Waals surface area (Å²) in [4.78, 5) is 29.6. The van der Waals surface area contributed by atoms with Gasteiger partial charge in [-0.3, -0.25) is 14.5 Å². The van der Waals surface area contributed by atoms with Crippen LogP contribution in [0.5, 0.6) is 5.75 Å². The van der Waals surface area contributed by atoms with Crippen molar-refractivity contribution in [2.24, 2.45) is 0 Å². The van der Waals surface area contributed by atoms with Crippen LogP contribution in [-0.4, -0.2) is 28.1 Å². The number of anilines is 1. The molecule has 0 fully saturated rings. The summed E-state index contributed by atoms with van der Waals surface area (Å²) in [5.74, 6) is -2.16. The molecule has 3 aromatic rings. The summed E-state index contributed by atoms with van der Waals surface area (Å²) in [5, 5.41) is 10.4. The monoisotopic (exact) mass is 474 g/mol. The Morgan fingerprint density at radius 2 is 2.03 bits per heavy atom. The molecule has 0 saturated carbocycles. The van der Waals surface area contributed by atoms with Crippen LogP contribution in [0, 0.1) is 5.82 Å². The van der Waals surface area contributed by atoms with Gasteiger partial charge in [0.05, 0.1) is 38.4 Å². The predicted octanol–water partition coefficient (Wildman–Crippen LogP) is 5.16. The Bertz CT molecular complexity index is 1170. The maximum absolute atomic E-state index is 13.8. The van der Waals surface area contributed by atoms with E-state index in [4.69, 9.17) is 44.6 Å². The molecule has 150 valence electrons. The van der Waals surface area contributed by atoms with Gasteiger partial charge in [0.25, 0.3) is 5.91 Å².